The molecule has 3 aromatic heterocycles. The summed E-state index contributed by atoms with van der Waals surface area (Å²) in [4.78, 5) is 25.5. The molecule has 2 amide bonds. The number of pyridine rings is 1. The lowest BCUT2D eigenvalue weighted by molar-refractivity contribution is 0.252. The molecule has 0 spiro atoms. The fourth-order valence-electron chi connectivity index (χ4n) is 4.49. The van der Waals surface area contributed by atoms with Crippen molar-refractivity contribution in [3.05, 3.63) is 71.2 Å². The van der Waals surface area contributed by atoms with Gasteiger partial charge in [0.25, 0.3) is 0 Å². The minimum atomic E-state index is -0.701. The van der Waals surface area contributed by atoms with Crippen LogP contribution in [0.5, 0.6) is 5.75 Å². The minimum absolute atomic E-state index is 0.101. The molecule has 0 aliphatic heterocycles. The number of hydrogen-bond donors (Lipinski definition) is 3. The number of carbonyl (C=O) groups excluding carboxylic acids is 1. The van der Waals surface area contributed by atoms with Crippen LogP contribution in [0.3, 0.4) is 0 Å². The van der Waals surface area contributed by atoms with E-state index in [1.807, 2.05) is 13.8 Å². The third-order valence-electron chi connectivity index (χ3n) is 6.41. The van der Waals surface area contributed by atoms with Gasteiger partial charge in [0.2, 0.25) is 0 Å². The van der Waals surface area contributed by atoms with E-state index >= 15 is 0 Å². The summed E-state index contributed by atoms with van der Waals surface area (Å²) in [5.41, 5.74) is 2.81. The number of benzene rings is 1. The van der Waals surface area contributed by atoms with E-state index in [2.05, 4.69) is 30.9 Å². The molecule has 208 valence electrons. The summed E-state index contributed by atoms with van der Waals surface area (Å²) < 4.78 is 36.8. The number of amides is 2. The van der Waals surface area contributed by atoms with Gasteiger partial charge in [-0.05, 0) is 45.7 Å². The third kappa shape index (κ3) is 6.00. The Hall–Kier alpha value is -4.61. The Bertz CT molecular complexity index is 1500. The van der Waals surface area contributed by atoms with Crippen LogP contribution in [0.4, 0.5) is 30.9 Å². The van der Waals surface area contributed by atoms with Gasteiger partial charge in [0, 0.05) is 65.6 Å². The minimum Gasteiger partial charge on any atom is -0.494 e. The zero-order chi connectivity index (χ0) is 28.2. The highest BCUT2D eigenvalue weighted by Crippen LogP contribution is 2.44. The van der Waals surface area contributed by atoms with Gasteiger partial charge in [-0.1, -0.05) is 0 Å². The normalized spacial score (nSPS) is 12.7. The van der Waals surface area contributed by atoms with E-state index in [-0.39, 0.29) is 35.4 Å². The zero-order valence-electron chi connectivity index (χ0n) is 22.5. The number of halogens is 2. The summed E-state index contributed by atoms with van der Waals surface area (Å²) in [5.74, 6) is -0.0920. The van der Waals surface area contributed by atoms with Crippen molar-refractivity contribution >= 4 is 23.4 Å². The number of hydrogen-bond acceptors (Lipinski definition) is 7. The van der Waals surface area contributed by atoms with E-state index in [9.17, 15) is 13.6 Å². The number of anilines is 3. The fraction of sp³-hybridized carbons (Fsp3) is 0.321. The van der Waals surface area contributed by atoms with Crippen LogP contribution in [0.25, 0.3) is 11.5 Å². The molecule has 1 fully saturated rings. The topological polar surface area (TPSA) is 119 Å². The monoisotopic (exact) mass is 548 g/mol. The number of carbonyl (C=O) groups is 1. The lowest BCUT2D eigenvalue weighted by Gasteiger charge is -2.11. The fourth-order valence-corrected chi connectivity index (χ4v) is 4.49. The molecule has 12 heteroatoms. The van der Waals surface area contributed by atoms with Gasteiger partial charge < -0.3 is 15.4 Å². The van der Waals surface area contributed by atoms with Gasteiger partial charge in [0.05, 0.1) is 13.2 Å². The second kappa shape index (κ2) is 11.6. The van der Waals surface area contributed by atoms with Crippen molar-refractivity contribution in [3.8, 4) is 17.3 Å². The SMILES string of the molecule is CCNC(=O)Nc1cc(Nc2ccncc2)nc(-c2nn(Cc3c(F)cc(OCC)cc3F)c(C3CC3)c2C)n1. The van der Waals surface area contributed by atoms with Crippen LogP contribution in [-0.2, 0) is 6.54 Å². The second-order valence-electron chi connectivity index (χ2n) is 9.40. The van der Waals surface area contributed by atoms with E-state index in [4.69, 9.17) is 9.84 Å². The average Bonchev–Trinajstić information content (AvgIpc) is 3.69. The van der Waals surface area contributed by atoms with Gasteiger partial charge in [-0.25, -0.2) is 23.5 Å². The number of rotatable bonds is 10. The summed E-state index contributed by atoms with van der Waals surface area (Å²) in [7, 11) is 0. The van der Waals surface area contributed by atoms with Crippen molar-refractivity contribution in [2.45, 2.75) is 46.1 Å². The van der Waals surface area contributed by atoms with Gasteiger partial charge in [0.15, 0.2) is 5.82 Å². The maximum absolute atomic E-state index is 15.0. The largest absolute Gasteiger partial charge is 0.494 e. The average molecular weight is 549 g/mol. The van der Waals surface area contributed by atoms with Crippen molar-refractivity contribution in [1.82, 2.24) is 30.0 Å². The highest BCUT2D eigenvalue weighted by atomic mass is 19.1. The first-order valence-electron chi connectivity index (χ1n) is 13.2. The van der Waals surface area contributed by atoms with Crippen molar-refractivity contribution in [2.75, 3.05) is 23.8 Å². The van der Waals surface area contributed by atoms with Gasteiger partial charge in [-0.3, -0.25) is 15.0 Å². The Morgan fingerprint density at radius 2 is 1.77 bits per heavy atom. The Kier molecular flexibility index (Phi) is 7.85. The van der Waals surface area contributed by atoms with Crippen LogP contribution >= 0.6 is 0 Å². The summed E-state index contributed by atoms with van der Waals surface area (Å²) in [5, 5.41) is 13.3. The number of urea groups is 1. The van der Waals surface area contributed by atoms with Crippen LogP contribution < -0.4 is 20.7 Å². The lowest BCUT2D eigenvalue weighted by atomic mass is 10.1. The van der Waals surface area contributed by atoms with Crippen LogP contribution in [0.1, 0.15) is 49.4 Å². The van der Waals surface area contributed by atoms with Crippen LogP contribution in [0, 0.1) is 18.6 Å². The van der Waals surface area contributed by atoms with Crippen LogP contribution in [0.15, 0.2) is 42.7 Å². The van der Waals surface area contributed by atoms with Crippen molar-refractivity contribution in [3.63, 3.8) is 0 Å². The molecule has 0 radical (unpaired) electrons. The third-order valence-corrected chi connectivity index (χ3v) is 6.41. The summed E-state index contributed by atoms with van der Waals surface area (Å²) in [6, 6.07) is 7.13. The molecule has 5 rings (SSSR count). The summed E-state index contributed by atoms with van der Waals surface area (Å²) in [6.07, 6.45) is 5.19. The summed E-state index contributed by atoms with van der Waals surface area (Å²) in [6.45, 7) is 6.11. The molecule has 10 nitrogen and oxygen atoms in total. The lowest BCUT2D eigenvalue weighted by Crippen LogP contribution is -2.28. The molecule has 0 bridgehead atoms. The molecule has 1 aliphatic carbocycles. The second-order valence-corrected chi connectivity index (χ2v) is 9.40. The maximum atomic E-state index is 15.0. The first-order valence-corrected chi connectivity index (χ1v) is 13.2. The van der Waals surface area contributed by atoms with Gasteiger partial charge >= 0.3 is 6.03 Å². The van der Waals surface area contributed by atoms with E-state index in [0.717, 1.165) is 29.8 Å². The maximum Gasteiger partial charge on any atom is 0.320 e. The molecule has 1 saturated carbocycles. The number of ether oxygens (including phenoxy) is 1. The highest BCUT2D eigenvalue weighted by Gasteiger charge is 2.32. The zero-order valence-corrected chi connectivity index (χ0v) is 22.5. The van der Waals surface area contributed by atoms with Crippen LogP contribution in [0.2, 0.25) is 0 Å². The van der Waals surface area contributed by atoms with E-state index < -0.39 is 17.7 Å². The molecular weight excluding hydrogens is 518 g/mol. The molecule has 4 aromatic rings. The Morgan fingerprint density at radius 1 is 1.07 bits per heavy atom. The standard InChI is InChI=1S/C28H30F2N8O2/c1-4-32-28(39)36-24-14-23(33-18-8-10-31-11-9-18)34-27(35-24)25-16(3)26(17-6-7-17)38(37-25)15-20-21(29)12-19(40-5-2)13-22(20)30/h8-14,17H,4-7,15H2,1-3H3,(H3,31,32,33,34,35,36,39). The molecular formula is C28H30F2N8O2. The van der Waals surface area contributed by atoms with E-state index in [0.29, 0.717) is 24.7 Å². The Labute approximate surface area is 230 Å². The molecule has 3 heterocycles. The van der Waals surface area contributed by atoms with Gasteiger partial charge in [0.1, 0.15) is 34.7 Å². The molecule has 0 atom stereocenters. The molecule has 40 heavy (non-hydrogen) atoms. The highest BCUT2D eigenvalue weighted by molar-refractivity contribution is 5.89. The Morgan fingerprint density at radius 3 is 2.42 bits per heavy atom. The molecule has 0 saturated heterocycles. The van der Waals surface area contributed by atoms with Gasteiger partial charge in [-0.15, -0.1) is 0 Å². The first-order chi connectivity index (χ1) is 19.4. The quantitative estimate of drug-likeness (QED) is 0.238. The van der Waals surface area contributed by atoms with E-state index in [1.165, 1.54) is 12.1 Å². The van der Waals surface area contributed by atoms with E-state index in [1.54, 1.807) is 42.2 Å². The molecule has 0 unspecified atom stereocenters. The predicted octanol–water partition coefficient (Wildman–Crippen LogP) is 5.53. The summed E-state index contributed by atoms with van der Waals surface area (Å²) >= 11 is 0. The molecule has 1 aromatic carbocycles. The number of nitrogens with one attached hydrogen (secondary N) is 3. The molecule has 3 N–H and O–H groups in total. The van der Waals surface area contributed by atoms with Crippen LogP contribution in [-0.4, -0.2) is 43.9 Å². The smallest absolute Gasteiger partial charge is 0.320 e. The van der Waals surface area contributed by atoms with Crippen molar-refractivity contribution < 1.29 is 18.3 Å². The van der Waals surface area contributed by atoms with Crippen molar-refractivity contribution in [1.29, 1.82) is 0 Å². The predicted molar refractivity (Wildman–Crippen MR) is 147 cm³/mol. The number of aromatic nitrogens is 5. The van der Waals surface area contributed by atoms with Crippen molar-refractivity contribution in [2.24, 2.45) is 0 Å². The van der Waals surface area contributed by atoms with Gasteiger partial charge in [-0.2, -0.15) is 5.10 Å². The number of nitrogens with zero attached hydrogens (tertiary/aromatic N) is 5. The Balaban J connectivity index is 1.55. The molecule has 1 aliphatic rings. The first kappa shape index (κ1) is 27.0.